The maximum atomic E-state index is 8.58. The summed E-state index contributed by atoms with van der Waals surface area (Å²) in [5.74, 6) is 0.826. The topological polar surface area (TPSA) is 46.2 Å². The molecule has 1 aliphatic rings. The van der Waals surface area contributed by atoms with Crippen molar-refractivity contribution in [3.63, 3.8) is 0 Å². The van der Waals surface area contributed by atoms with Crippen LogP contribution in [0.25, 0.3) is 0 Å². The van der Waals surface area contributed by atoms with Gasteiger partial charge in [0.1, 0.15) is 0 Å². The van der Waals surface area contributed by atoms with Crippen molar-refractivity contribution in [2.75, 3.05) is 6.61 Å². The highest BCUT2D eigenvalue weighted by atomic mass is 16.3. The molecule has 0 bridgehead atoms. The third-order valence-corrected chi connectivity index (χ3v) is 2.10. The van der Waals surface area contributed by atoms with Gasteiger partial charge < -0.3 is 10.8 Å². The quantitative estimate of drug-likeness (QED) is 0.582. The highest BCUT2D eigenvalue weighted by Crippen LogP contribution is 2.29. The zero-order valence-electron chi connectivity index (χ0n) is 5.71. The van der Waals surface area contributed by atoms with Crippen molar-refractivity contribution in [2.24, 2.45) is 11.7 Å². The molecular weight excluding hydrogens is 114 g/mol. The first kappa shape index (κ1) is 7.03. The molecule has 0 radical (unpaired) electrons. The Hall–Kier alpha value is -0.0800. The summed E-state index contributed by atoms with van der Waals surface area (Å²) in [6, 6.07) is 0.0373. The summed E-state index contributed by atoms with van der Waals surface area (Å²) in [5, 5.41) is 8.58. The van der Waals surface area contributed by atoms with E-state index in [1.54, 1.807) is 0 Å². The number of aliphatic hydroxyl groups excluding tert-OH is 1. The first-order chi connectivity index (χ1) is 4.33. The lowest BCUT2D eigenvalue weighted by molar-refractivity contribution is 0.211. The van der Waals surface area contributed by atoms with Crippen LogP contribution >= 0.6 is 0 Å². The Labute approximate surface area is 56.1 Å². The molecule has 0 aromatic rings. The minimum atomic E-state index is 0.0373. The molecule has 2 nitrogen and oxygen atoms in total. The van der Waals surface area contributed by atoms with Crippen LogP contribution in [0.1, 0.15) is 25.7 Å². The molecule has 0 unspecified atom stereocenters. The Morgan fingerprint density at radius 1 is 1.56 bits per heavy atom. The molecule has 0 aromatic carbocycles. The van der Waals surface area contributed by atoms with Gasteiger partial charge in [0.25, 0.3) is 0 Å². The Balaban J connectivity index is 2.01. The van der Waals surface area contributed by atoms with Gasteiger partial charge in [0.05, 0.1) is 6.61 Å². The summed E-state index contributed by atoms with van der Waals surface area (Å²) in [7, 11) is 0. The maximum Gasteiger partial charge on any atom is 0.0582 e. The second kappa shape index (κ2) is 3.18. The largest absolute Gasteiger partial charge is 0.395 e. The molecule has 1 fully saturated rings. The van der Waals surface area contributed by atoms with Gasteiger partial charge in [0.2, 0.25) is 0 Å². The van der Waals surface area contributed by atoms with Gasteiger partial charge in [0.15, 0.2) is 0 Å². The third kappa shape index (κ3) is 1.95. The fourth-order valence-electron chi connectivity index (χ4n) is 1.23. The normalized spacial score (nSPS) is 23.3. The molecule has 0 aromatic heterocycles. The van der Waals surface area contributed by atoms with Gasteiger partial charge in [-0.15, -0.1) is 0 Å². The molecule has 54 valence electrons. The van der Waals surface area contributed by atoms with E-state index in [0.717, 1.165) is 12.3 Å². The van der Waals surface area contributed by atoms with E-state index in [1.165, 1.54) is 19.3 Å². The molecule has 1 atom stereocenters. The lowest BCUT2D eigenvalue weighted by Gasteiger charge is -2.27. The molecular formula is C7H15NO. The van der Waals surface area contributed by atoms with Gasteiger partial charge in [-0.2, -0.15) is 0 Å². The molecule has 0 aliphatic heterocycles. The SMILES string of the molecule is N[C@@H](CO)CC1CCC1. The van der Waals surface area contributed by atoms with E-state index >= 15 is 0 Å². The fraction of sp³-hybridized carbons (Fsp3) is 1.00. The lowest BCUT2D eigenvalue weighted by atomic mass is 9.81. The van der Waals surface area contributed by atoms with Crippen LogP contribution in [0.4, 0.5) is 0 Å². The van der Waals surface area contributed by atoms with Crippen molar-refractivity contribution >= 4 is 0 Å². The summed E-state index contributed by atoms with van der Waals surface area (Å²) < 4.78 is 0. The number of nitrogens with two attached hydrogens (primary N) is 1. The van der Waals surface area contributed by atoms with Crippen LogP contribution in [0.15, 0.2) is 0 Å². The number of rotatable bonds is 3. The molecule has 0 spiro atoms. The average Bonchev–Trinajstić information content (AvgIpc) is 1.78. The van der Waals surface area contributed by atoms with E-state index in [2.05, 4.69) is 0 Å². The Morgan fingerprint density at radius 2 is 2.22 bits per heavy atom. The van der Waals surface area contributed by atoms with Gasteiger partial charge in [0, 0.05) is 6.04 Å². The van der Waals surface area contributed by atoms with Crippen LogP contribution in [0.2, 0.25) is 0 Å². The monoisotopic (exact) mass is 129 g/mol. The molecule has 9 heavy (non-hydrogen) atoms. The molecule has 1 aliphatic carbocycles. The molecule has 1 rings (SSSR count). The third-order valence-electron chi connectivity index (χ3n) is 2.10. The fourth-order valence-corrected chi connectivity index (χ4v) is 1.23. The minimum absolute atomic E-state index is 0.0373. The Kier molecular flexibility index (Phi) is 2.49. The molecule has 3 N–H and O–H groups in total. The zero-order valence-corrected chi connectivity index (χ0v) is 5.71. The number of hydrogen-bond donors (Lipinski definition) is 2. The number of hydrogen-bond acceptors (Lipinski definition) is 2. The van der Waals surface area contributed by atoms with Crippen LogP contribution in [-0.4, -0.2) is 17.8 Å². The number of aliphatic hydroxyl groups is 1. The van der Waals surface area contributed by atoms with Crippen LogP contribution in [0, 0.1) is 5.92 Å². The van der Waals surface area contributed by atoms with Crippen molar-refractivity contribution in [3.05, 3.63) is 0 Å². The molecule has 0 heterocycles. The van der Waals surface area contributed by atoms with Crippen molar-refractivity contribution < 1.29 is 5.11 Å². The average molecular weight is 129 g/mol. The van der Waals surface area contributed by atoms with Crippen LogP contribution in [-0.2, 0) is 0 Å². The first-order valence-electron chi connectivity index (χ1n) is 3.69. The smallest absolute Gasteiger partial charge is 0.0582 e. The summed E-state index contributed by atoms with van der Waals surface area (Å²) in [5.41, 5.74) is 5.53. The van der Waals surface area contributed by atoms with E-state index in [1.807, 2.05) is 0 Å². The highest BCUT2D eigenvalue weighted by molar-refractivity contribution is 4.74. The van der Waals surface area contributed by atoms with Gasteiger partial charge in [-0.1, -0.05) is 19.3 Å². The second-order valence-corrected chi connectivity index (χ2v) is 2.98. The Bertz CT molecular complexity index is 78.2. The summed E-state index contributed by atoms with van der Waals surface area (Å²) >= 11 is 0. The predicted octanol–water partition coefficient (Wildman–Crippen LogP) is 0.496. The van der Waals surface area contributed by atoms with Crippen LogP contribution in [0.5, 0.6) is 0 Å². The molecule has 1 saturated carbocycles. The molecule has 0 amide bonds. The van der Waals surface area contributed by atoms with Crippen molar-refractivity contribution in [1.82, 2.24) is 0 Å². The predicted molar refractivity (Wildman–Crippen MR) is 37.0 cm³/mol. The summed E-state index contributed by atoms with van der Waals surface area (Å²) in [4.78, 5) is 0. The van der Waals surface area contributed by atoms with Crippen molar-refractivity contribution in [2.45, 2.75) is 31.7 Å². The second-order valence-electron chi connectivity index (χ2n) is 2.98. The van der Waals surface area contributed by atoms with Crippen molar-refractivity contribution in [1.29, 1.82) is 0 Å². The molecule has 2 heteroatoms. The van der Waals surface area contributed by atoms with E-state index < -0.39 is 0 Å². The van der Waals surface area contributed by atoms with E-state index in [9.17, 15) is 0 Å². The first-order valence-corrected chi connectivity index (χ1v) is 3.69. The van der Waals surface area contributed by atoms with Crippen LogP contribution in [0.3, 0.4) is 0 Å². The highest BCUT2D eigenvalue weighted by Gasteiger charge is 2.19. The molecule has 0 saturated heterocycles. The maximum absolute atomic E-state index is 8.58. The van der Waals surface area contributed by atoms with E-state index in [0.29, 0.717) is 0 Å². The van der Waals surface area contributed by atoms with E-state index in [4.69, 9.17) is 10.8 Å². The van der Waals surface area contributed by atoms with E-state index in [-0.39, 0.29) is 12.6 Å². The Morgan fingerprint density at radius 3 is 2.56 bits per heavy atom. The summed E-state index contributed by atoms with van der Waals surface area (Å²) in [6.07, 6.45) is 5.04. The van der Waals surface area contributed by atoms with Gasteiger partial charge in [-0.05, 0) is 12.3 Å². The zero-order chi connectivity index (χ0) is 6.69. The van der Waals surface area contributed by atoms with Crippen molar-refractivity contribution in [3.8, 4) is 0 Å². The summed E-state index contributed by atoms with van der Waals surface area (Å²) in [6.45, 7) is 0.149. The minimum Gasteiger partial charge on any atom is -0.395 e. The standard InChI is InChI=1S/C7H15NO/c8-7(5-9)4-6-2-1-3-6/h6-7,9H,1-5,8H2/t7-/m1/s1. The van der Waals surface area contributed by atoms with Crippen LogP contribution < -0.4 is 5.73 Å². The van der Waals surface area contributed by atoms with Gasteiger partial charge in [-0.25, -0.2) is 0 Å². The van der Waals surface area contributed by atoms with Gasteiger partial charge in [-0.3, -0.25) is 0 Å². The lowest BCUT2D eigenvalue weighted by Crippen LogP contribution is -2.29. The van der Waals surface area contributed by atoms with Gasteiger partial charge >= 0.3 is 0 Å².